The first-order chi connectivity index (χ1) is 11.3. The van der Waals surface area contributed by atoms with Gasteiger partial charge < -0.3 is 14.9 Å². The van der Waals surface area contributed by atoms with Crippen LogP contribution < -0.4 is 4.74 Å². The third-order valence-electron chi connectivity index (χ3n) is 3.86. The fourth-order valence-electron chi connectivity index (χ4n) is 2.63. The standard InChI is InChI=1S/C18H14N2O3/c21-10-11-5-7-12(8-6-11)17-19-9-14-16(20-17)13-3-1-2-4-15(13)23-18(14)22/h1-9,18,21-22H,10H2. The van der Waals surface area contributed by atoms with Crippen molar-refractivity contribution in [3.63, 3.8) is 0 Å². The molecule has 0 saturated carbocycles. The average molecular weight is 306 g/mol. The van der Waals surface area contributed by atoms with Gasteiger partial charge in [-0.25, -0.2) is 9.97 Å². The van der Waals surface area contributed by atoms with E-state index < -0.39 is 6.29 Å². The highest BCUT2D eigenvalue weighted by atomic mass is 16.6. The number of hydrogen-bond acceptors (Lipinski definition) is 5. The summed E-state index contributed by atoms with van der Waals surface area (Å²) in [7, 11) is 0. The largest absolute Gasteiger partial charge is 0.460 e. The van der Waals surface area contributed by atoms with Gasteiger partial charge in [-0.3, -0.25) is 0 Å². The van der Waals surface area contributed by atoms with Gasteiger partial charge in [-0.2, -0.15) is 0 Å². The number of aliphatic hydroxyl groups is 2. The van der Waals surface area contributed by atoms with Gasteiger partial charge in [0.2, 0.25) is 6.29 Å². The van der Waals surface area contributed by atoms with Gasteiger partial charge in [-0.1, -0.05) is 36.4 Å². The maximum atomic E-state index is 10.1. The molecule has 3 aromatic rings. The van der Waals surface area contributed by atoms with Crippen LogP contribution in [0.15, 0.2) is 54.7 Å². The van der Waals surface area contributed by atoms with Crippen molar-refractivity contribution in [3.05, 3.63) is 65.9 Å². The van der Waals surface area contributed by atoms with Gasteiger partial charge in [0.1, 0.15) is 5.75 Å². The van der Waals surface area contributed by atoms with E-state index in [1.807, 2.05) is 42.5 Å². The Kier molecular flexibility index (Phi) is 3.29. The summed E-state index contributed by atoms with van der Waals surface area (Å²) in [4.78, 5) is 8.94. The van der Waals surface area contributed by atoms with Gasteiger partial charge in [-0.05, 0) is 17.7 Å². The van der Waals surface area contributed by atoms with E-state index in [1.54, 1.807) is 12.3 Å². The summed E-state index contributed by atoms with van der Waals surface area (Å²) in [6, 6.07) is 14.9. The Morgan fingerprint density at radius 1 is 1.04 bits per heavy atom. The molecule has 2 aromatic carbocycles. The highest BCUT2D eigenvalue weighted by Gasteiger charge is 2.26. The molecule has 1 aromatic heterocycles. The van der Waals surface area contributed by atoms with Gasteiger partial charge >= 0.3 is 0 Å². The fraction of sp³-hybridized carbons (Fsp3) is 0.111. The minimum absolute atomic E-state index is 0.00221. The Morgan fingerprint density at radius 2 is 1.83 bits per heavy atom. The summed E-state index contributed by atoms with van der Waals surface area (Å²) in [6.45, 7) is 0.00221. The zero-order valence-electron chi connectivity index (χ0n) is 12.2. The Bertz CT molecular complexity index is 862. The molecule has 0 radical (unpaired) electrons. The van der Waals surface area contributed by atoms with E-state index in [9.17, 15) is 5.11 Å². The number of hydrogen-bond donors (Lipinski definition) is 2. The second kappa shape index (κ2) is 5.46. The van der Waals surface area contributed by atoms with E-state index in [4.69, 9.17) is 9.84 Å². The number of benzene rings is 2. The lowest BCUT2D eigenvalue weighted by Gasteiger charge is -2.24. The van der Waals surface area contributed by atoms with Crippen molar-refractivity contribution in [2.75, 3.05) is 0 Å². The molecule has 1 aliphatic heterocycles. The molecular formula is C18H14N2O3. The molecule has 0 fully saturated rings. The molecule has 0 aliphatic carbocycles. The SMILES string of the molecule is OCc1ccc(-c2ncc3c(n2)-c2ccccc2OC3O)cc1. The second-order valence-corrected chi connectivity index (χ2v) is 5.32. The normalized spacial score (nSPS) is 15.5. The van der Waals surface area contributed by atoms with Crippen molar-refractivity contribution >= 4 is 0 Å². The molecule has 0 saturated heterocycles. The Hall–Kier alpha value is -2.76. The molecule has 2 heterocycles. The quantitative estimate of drug-likeness (QED) is 0.761. The first-order valence-electron chi connectivity index (χ1n) is 7.27. The molecule has 4 rings (SSSR count). The van der Waals surface area contributed by atoms with Crippen LogP contribution in [0.1, 0.15) is 17.4 Å². The van der Waals surface area contributed by atoms with Crippen molar-refractivity contribution in [1.29, 1.82) is 0 Å². The maximum Gasteiger partial charge on any atom is 0.227 e. The van der Waals surface area contributed by atoms with Crippen molar-refractivity contribution in [2.24, 2.45) is 0 Å². The molecule has 0 spiro atoms. The predicted octanol–water partition coefficient (Wildman–Crippen LogP) is 2.69. The monoisotopic (exact) mass is 306 g/mol. The van der Waals surface area contributed by atoms with Crippen LogP contribution in [0.4, 0.5) is 0 Å². The summed E-state index contributed by atoms with van der Waals surface area (Å²) in [6.07, 6.45) is 0.531. The molecule has 1 aliphatic rings. The molecule has 1 unspecified atom stereocenters. The topological polar surface area (TPSA) is 75.5 Å². The molecule has 2 N–H and O–H groups in total. The Morgan fingerprint density at radius 3 is 2.61 bits per heavy atom. The van der Waals surface area contributed by atoms with Gasteiger partial charge in [0, 0.05) is 17.3 Å². The fourth-order valence-corrected chi connectivity index (χ4v) is 2.63. The summed E-state index contributed by atoms with van der Waals surface area (Å²) < 4.78 is 5.48. The van der Waals surface area contributed by atoms with Crippen LogP contribution in [0.2, 0.25) is 0 Å². The zero-order valence-corrected chi connectivity index (χ0v) is 12.2. The van der Waals surface area contributed by atoms with Gasteiger partial charge in [0.25, 0.3) is 0 Å². The van der Waals surface area contributed by atoms with Crippen LogP contribution in [0, 0.1) is 0 Å². The van der Waals surface area contributed by atoms with E-state index in [-0.39, 0.29) is 6.61 Å². The second-order valence-electron chi connectivity index (χ2n) is 5.32. The minimum atomic E-state index is -1.06. The first-order valence-corrected chi connectivity index (χ1v) is 7.27. The van der Waals surface area contributed by atoms with Gasteiger partial charge in [0.05, 0.1) is 17.9 Å². The third-order valence-corrected chi connectivity index (χ3v) is 3.86. The lowest BCUT2D eigenvalue weighted by Crippen LogP contribution is -2.15. The number of ether oxygens (including phenoxy) is 1. The molecule has 0 amide bonds. The number of para-hydroxylation sites is 1. The van der Waals surface area contributed by atoms with Crippen LogP contribution in [0.5, 0.6) is 5.75 Å². The van der Waals surface area contributed by atoms with Crippen molar-refractivity contribution < 1.29 is 14.9 Å². The highest BCUT2D eigenvalue weighted by molar-refractivity contribution is 5.73. The van der Waals surface area contributed by atoms with Crippen LogP contribution >= 0.6 is 0 Å². The summed E-state index contributed by atoms with van der Waals surface area (Å²) in [5, 5.41) is 19.2. The molecule has 5 nitrogen and oxygen atoms in total. The Balaban J connectivity index is 1.84. The van der Waals surface area contributed by atoms with Gasteiger partial charge in [-0.15, -0.1) is 0 Å². The Labute approximate surface area is 132 Å². The molecular weight excluding hydrogens is 292 g/mol. The smallest absolute Gasteiger partial charge is 0.227 e. The molecule has 114 valence electrons. The summed E-state index contributed by atoms with van der Waals surface area (Å²) in [5.41, 5.74) is 3.75. The molecule has 0 bridgehead atoms. The number of rotatable bonds is 2. The maximum absolute atomic E-state index is 10.1. The van der Waals surface area contributed by atoms with Crippen LogP contribution in [0.3, 0.4) is 0 Å². The van der Waals surface area contributed by atoms with E-state index in [2.05, 4.69) is 9.97 Å². The molecule has 1 atom stereocenters. The van der Waals surface area contributed by atoms with Gasteiger partial charge in [0.15, 0.2) is 5.82 Å². The van der Waals surface area contributed by atoms with Crippen LogP contribution in [0.25, 0.3) is 22.6 Å². The predicted molar refractivity (Wildman–Crippen MR) is 84.4 cm³/mol. The van der Waals surface area contributed by atoms with E-state index in [0.717, 1.165) is 16.7 Å². The lowest BCUT2D eigenvalue weighted by molar-refractivity contribution is -0.0218. The van der Waals surface area contributed by atoms with Crippen LogP contribution in [-0.4, -0.2) is 20.2 Å². The van der Waals surface area contributed by atoms with Crippen molar-refractivity contribution in [1.82, 2.24) is 9.97 Å². The number of nitrogens with zero attached hydrogens (tertiary/aromatic N) is 2. The first kappa shape index (κ1) is 13.9. The molecule has 23 heavy (non-hydrogen) atoms. The average Bonchev–Trinajstić information content (AvgIpc) is 2.61. The van der Waals surface area contributed by atoms with E-state index >= 15 is 0 Å². The molecule has 5 heteroatoms. The lowest BCUT2D eigenvalue weighted by atomic mass is 10.0. The van der Waals surface area contributed by atoms with E-state index in [0.29, 0.717) is 22.8 Å². The summed E-state index contributed by atoms with van der Waals surface area (Å²) >= 11 is 0. The van der Waals surface area contributed by atoms with Crippen molar-refractivity contribution in [2.45, 2.75) is 12.9 Å². The number of aromatic nitrogens is 2. The van der Waals surface area contributed by atoms with Crippen molar-refractivity contribution in [3.8, 4) is 28.4 Å². The van der Waals surface area contributed by atoms with E-state index in [1.165, 1.54) is 0 Å². The summed E-state index contributed by atoms with van der Waals surface area (Å²) in [5.74, 6) is 1.17. The highest BCUT2D eigenvalue weighted by Crippen LogP contribution is 2.40. The number of aliphatic hydroxyl groups excluding tert-OH is 2. The number of fused-ring (bicyclic) bond motifs is 3. The van der Waals surface area contributed by atoms with Crippen LogP contribution in [-0.2, 0) is 6.61 Å². The minimum Gasteiger partial charge on any atom is -0.460 e. The zero-order chi connectivity index (χ0) is 15.8. The third kappa shape index (κ3) is 2.36.